The topological polar surface area (TPSA) is 40.5 Å². The summed E-state index contributed by atoms with van der Waals surface area (Å²) in [5, 5.41) is 20.8. The van der Waals surface area contributed by atoms with Gasteiger partial charge in [-0.05, 0) is 104 Å². The van der Waals surface area contributed by atoms with Crippen molar-refractivity contribution in [3.05, 3.63) is 0 Å². The standard InChI is InChI=1S/C27H48O2/c1-17(2)7-6-8-18(3)21-11-12-22-20-10-9-19-15-24(28)25(29)16-27(19,5)23(20)13-14-26(21,22)4/h17-25,28-29H,6-16H2,1-5H3/t18-,19?,20+,21-,22+,23+,24-,25+,26-,27+/m1/s1. The summed E-state index contributed by atoms with van der Waals surface area (Å²) in [6, 6.07) is 0. The summed E-state index contributed by atoms with van der Waals surface area (Å²) in [6.45, 7) is 12.4. The number of rotatable bonds is 5. The van der Waals surface area contributed by atoms with Crippen LogP contribution in [-0.4, -0.2) is 22.4 Å². The number of aliphatic hydroxyl groups excluding tert-OH is 2. The first kappa shape index (κ1) is 22.1. The van der Waals surface area contributed by atoms with E-state index in [1.54, 1.807) is 0 Å². The molecular weight excluding hydrogens is 356 g/mol. The smallest absolute Gasteiger partial charge is 0.0804 e. The Bertz CT molecular complexity index is 573. The number of hydrogen-bond acceptors (Lipinski definition) is 2. The molecule has 0 saturated heterocycles. The Labute approximate surface area is 180 Å². The van der Waals surface area contributed by atoms with E-state index in [9.17, 15) is 10.2 Å². The number of hydrogen-bond donors (Lipinski definition) is 2. The lowest BCUT2D eigenvalue weighted by Gasteiger charge is -2.61. The second-order valence-corrected chi connectivity index (χ2v) is 12.8. The van der Waals surface area contributed by atoms with Crippen molar-refractivity contribution in [1.82, 2.24) is 0 Å². The minimum Gasteiger partial charge on any atom is -0.390 e. The zero-order valence-electron chi connectivity index (χ0n) is 19.9. The maximum absolute atomic E-state index is 10.5. The molecule has 4 aliphatic carbocycles. The van der Waals surface area contributed by atoms with E-state index in [2.05, 4.69) is 34.6 Å². The highest BCUT2D eigenvalue weighted by atomic mass is 16.3. The van der Waals surface area contributed by atoms with Crippen LogP contribution in [-0.2, 0) is 0 Å². The molecule has 10 atom stereocenters. The third-order valence-electron chi connectivity index (χ3n) is 10.9. The predicted molar refractivity (Wildman–Crippen MR) is 120 cm³/mol. The van der Waals surface area contributed by atoms with E-state index in [1.807, 2.05) is 0 Å². The van der Waals surface area contributed by atoms with Crippen molar-refractivity contribution in [2.24, 2.45) is 52.3 Å². The van der Waals surface area contributed by atoms with Gasteiger partial charge in [0, 0.05) is 0 Å². The molecule has 0 spiro atoms. The van der Waals surface area contributed by atoms with E-state index >= 15 is 0 Å². The largest absolute Gasteiger partial charge is 0.390 e. The van der Waals surface area contributed by atoms with Crippen LogP contribution in [0.2, 0.25) is 0 Å². The summed E-state index contributed by atoms with van der Waals surface area (Å²) < 4.78 is 0. The van der Waals surface area contributed by atoms with Gasteiger partial charge in [0.25, 0.3) is 0 Å². The maximum Gasteiger partial charge on any atom is 0.0804 e. The Morgan fingerprint density at radius 1 is 0.828 bits per heavy atom. The number of aliphatic hydroxyl groups is 2. The van der Waals surface area contributed by atoms with E-state index in [1.165, 1.54) is 57.8 Å². The molecule has 0 aromatic carbocycles. The van der Waals surface area contributed by atoms with Gasteiger partial charge < -0.3 is 10.2 Å². The molecule has 2 heteroatoms. The summed E-state index contributed by atoms with van der Waals surface area (Å²) in [4.78, 5) is 0. The molecule has 0 aliphatic heterocycles. The summed E-state index contributed by atoms with van der Waals surface area (Å²) in [5.74, 6) is 5.80. The zero-order chi connectivity index (χ0) is 21.0. The minimum absolute atomic E-state index is 0.254. The van der Waals surface area contributed by atoms with Gasteiger partial charge in [0.2, 0.25) is 0 Å². The Kier molecular flexibility index (Phi) is 6.19. The predicted octanol–water partition coefficient (Wildman–Crippen LogP) is 6.44. The molecule has 0 amide bonds. The molecule has 2 nitrogen and oxygen atoms in total. The van der Waals surface area contributed by atoms with Crippen molar-refractivity contribution in [2.45, 2.75) is 117 Å². The molecule has 1 unspecified atom stereocenters. The average molecular weight is 405 g/mol. The van der Waals surface area contributed by atoms with Crippen molar-refractivity contribution in [3.8, 4) is 0 Å². The van der Waals surface area contributed by atoms with Crippen LogP contribution >= 0.6 is 0 Å². The van der Waals surface area contributed by atoms with Gasteiger partial charge in [-0.25, -0.2) is 0 Å². The minimum atomic E-state index is -0.499. The van der Waals surface area contributed by atoms with Crippen molar-refractivity contribution < 1.29 is 10.2 Å². The van der Waals surface area contributed by atoms with Gasteiger partial charge in [0.1, 0.15) is 0 Å². The molecule has 4 saturated carbocycles. The van der Waals surface area contributed by atoms with Crippen molar-refractivity contribution in [1.29, 1.82) is 0 Å². The molecule has 2 N–H and O–H groups in total. The molecular formula is C27H48O2. The zero-order valence-corrected chi connectivity index (χ0v) is 19.9. The fourth-order valence-electron chi connectivity index (χ4n) is 9.30. The molecule has 0 heterocycles. The molecule has 4 aliphatic rings. The summed E-state index contributed by atoms with van der Waals surface area (Å²) in [7, 11) is 0. The van der Waals surface area contributed by atoms with Crippen molar-refractivity contribution in [3.63, 3.8) is 0 Å². The highest BCUT2D eigenvalue weighted by molar-refractivity contribution is 5.10. The van der Waals surface area contributed by atoms with Crippen LogP contribution in [0, 0.1) is 52.3 Å². The van der Waals surface area contributed by atoms with E-state index in [0.29, 0.717) is 11.3 Å². The fourth-order valence-corrected chi connectivity index (χ4v) is 9.30. The molecule has 4 rings (SSSR count). The lowest BCUT2D eigenvalue weighted by Crippen LogP contribution is -2.56. The van der Waals surface area contributed by atoms with Crippen LogP contribution in [0.15, 0.2) is 0 Å². The third-order valence-corrected chi connectivity index (χ3v) is 10.9. The van der Waals surface area contributed by atoms with Gasteiger partial charge in [-0.3, -0.25) is 0 Å². The Hall–Kier alpha value is -0.0800. The fraction of sp³-hybridized carbons (Fsp3) is 1.00. The van der Waals surface area contributed by atoms with Crippen LogP contribution in [0.3, 0.4) is 0 Å². The van der Waals surface area contributed by atoms with Crippen LogP contribution in [0.1, 0.15) is 105 Å². The van der Waals surface area contributed by atoms with Crippen LogP contribution in [0.25, 0.3) is 0 Å². The van der Waals surface area contributed by atoms with Gasteiger partial charge >= 0.3 is 0 Å². The molecule has 168 valence electrons. The van der Waals surface area contributed by atoms with Crippen LogP contribution in [0.5, 0.6) is 0 Å². The van der Waals surface area contributed by atoms with Crippen LogP contribution < -0.4 is 0 Å². The second-order valence-electron chi connectivity index (χ2n) is 12.8. The molecule has 0 aromatic rings. The Morgan fingerprint density at radius 2 is 1.55 bits per heavy atom. The van der Waals surface area contributed by atoms with Crippen molar-refractivity contribution >= 4 is 0 Å². The van der Waals surface area contributed by atoms with Gasteiger partial charge in [-0.15, -0.1) is 0 Å². The highest BCUT2D eigenvalue weighted by Gasteiger charge is 2.61. The van der Waals surface area contributed by atoms with Crippen molar-refractivity contribution in [2.75, 3.05) is 0 Å². The van der Waals surface area contributed by atoms with E-state index < -0.39 is 12.2 Å². The van der Waals surface area contributed by atoms with Crippen LogP contribution in [0.4, 0.5) is 0 Å². The van der Waals surface area contributed by atoms with E-state index in [4.69, 9.17) is 0 Å². The quantitative estimate of drug-likeness (QED) is 0.553. The van der Waals surface area contributed by atoms with Gasteiger partial charge in [-0.2, -0.15) is 0 Å². The lowest BCUT2D eigenvalue weighted by molar-refractivity contribution is -0.160. The normalized spacial score (nSPS) is 50.7. The summed E-state index contributed by atoms with van der Waals surface area (Å²) in [6.07, 6.45) is 13.2. The highest BCUT2D eigenvalue weighted by Crippen LogP contribution is 2.68. The molecule has 0 bridgehead atoms. The first-order valence-electron chi connectivity index (χ1n) is 13.0. The van der Waals surface area contributed by atoms with Gasteiger partial charge in [0.05, 0.1) is 12.2 Å². The molecule has 0 aromatic heterocycles. The molecule has 0 radical (unpaired) electrons. The maximum atomic E-state index is 10.5. The average Bonchev–Trinajstić information content (AvgIpc) is 3.00. The lowest BCUT2D eigenvalue weighted by atomic mass is 9.44. The second kappa shape index (κ2) is 8.12. The van der Waals surface area contributed by atoms with E-state index in [-0.39, 0.29) is 5.41 Å². The van der Waals surface area contributed by atoms with E-state index in [0.717, 1.165) is 48.3 Å². The third kappa shape index (κ3) is 3.73. The van der Waals surface area contributed by atoms with Gasteiger partial charge in [0.15, 0.2) is 0 Å². The van der Waals surface area contributed by atoms with Gasteiger partial charge in [-0.1, -0.05) is 53.9 Å². The first-order chi connectivity index (χ1) is 13.7. The monoisotopic (exact) mass is 404 g/mol. The molecule has 4 fully saturated rings. The summed E-state index contributed by atoms with van der Waals surface area (Å²) in [5.41, 5.74) is 0.804. The molecule has 29 heavy (non-hydrogen) atoms. The number of fused-ring (bicyclic) bond motifs is 5. The SMILES string of the molecule is CC(C)CCC[C@@H](C)[C@H]1CC[C@H]2[C@@H]3CCC4C[C@@H](O)[C@@H](O)C[C@]4(C)[C@H]3CC[C@]12C. The first-order valence-corrected chi connectivity index (χ1v) is 13.0. The Morgan fingerprint density at radius 3 is 2.28 bits per heavy atom. The Balaban J connectivity index is 1.47. The summed E-state index contributed by atoms with van der Waals surface area (Å²) >= 11 is 0.